The molecule has 0 aromatic carbocycles. The molecule has 0 radical (unpaired) electrons. The van der Waals surface area contributed by atoms with Crippen molar-refractivity contribution in [1.82, 2.24) is 10.3 Å². The molecule has 2 aliphatic rings. The molecule has 1 fully saturated rings. The molecule has 9 nitrogen and oxygen atoms in total. The zero-order valence-corrected chi connectivity index (χ0v) is 13.8. The summed E-state index contributed by atoms with van der Waals surface area (Å²) in [5, 5.41) is 3.13. The van der Waals surface area contributed by atoms with E-state index in [4.69, 9.17) is 18.9 Å². The van der Waals surface area contributed by atoms with Crippen LogP contribution in [0.2, 0.25) is 0 Å². The summed E-state index contributed by atoms with van der Waals surface area (Å²) in [6.45, 7) is 1.39. The van der Waals surface area contributed by atoms with Crippen LogP contribution < -0.4 is 15.0 Å². The predicted molar refractivity (Wildman–Crippen MR) is 85.6 cm³/mol. The fraction of sp³-hybridized carbons (Fsp3) is 0.438. The van der Waals surface area contributed by atoms with Gasteiger partial charge in [-0.1, -0.05) is 0 Å². The van der Waals surface area contributed by atoms with Crippen molar-refractivity contribution in [2.75, 3.05) is 38.4 Å². The normalized spacial score (nSPS) is 19.8. The van der Waals surface area contributed by atoms with Crippen molar-refractivity contribution in [2.24, 2.45) is 0 Å². The summed E-state index contributed by atoms with van der Waals surface area (Å²) in [5.41, 5.74) is 0.597. The summed E-state index contributed by atoms with van der Waals surface area (Å²) in [6, 6.07) is 1.72. The zero-order valence-electron chi connectivity index (χ0n) is 13.8. The SMILES string of the molecule is COCOc1cncc(N2CCCNCC23OC(=O)C=CC(=O)O3)c1. The Bertz CT molecular complexity index is 658. The topological polar surface area (TPSA) is 99.2 Å². The van der Waals surface area contributed by atoms with Crippen LogP contribution in [0.25, 0.3) is 0 Å². The lowest BCUT2D eigenvalue weighted by Crippen LogP contribution is -2.58. The van der Waals surface area contributed by atoms with Crippen LogP contribution in [0, 0.1) is 0 Å². The van der Waals surface area contributed by atoms with Crippen LogP contribution >= 0.6 is 0 Å². The molecule has 0 atom stereocenters. The number of hydrogen-bond acceptors (Lipinski definition) is 9. The third-order valence-corrected chi connectivity index (χ3v) is 3.72. The van der Waals surface area contributed by atoms with Crippen LogP contribution in [-0.4, -0.2) is 56.4 Å². The lowest BCUT2D eigenvalue weighted by molar-refractivity contribution is -0.217. The molecule has 1 aromatic heterocycles. The van der Waals surface area contributed by atoms with Crippen molar-refractivity contribution in [1.29, 1.82) is 0 Å². The first kappa shape index (κ1) is 17.2. The second kappa shape index (κ2) is 7.49. The minimum absolute atomic E-state index is 0.0751. The summed E-state index contributed by atoms with van der Waals surface area (Å²) in [4.78, 5) is 29.7. The smallest absolute Gasteiger partial charge is 0.356 e. The van der Waals surface area contributed by atoms with E-state index in [0.29, 0.717) is 24.5 Å². The Hall–Kier alpha value is -2.65. The molecule has 0 unspecified atom stereocenters. The van der Waals surface area contributed by atoms with Gasteiger partial charge in [-0.15, -0.1) is 0 Å². The maximum absolute atomic E-state index is 11.9. The van der Waals surface area contributed by atoms with Gasteiger partial charge >= 0.3 is 17.8 Å². The molecule has 0 saturated carbocycles. The second-order valence-corrected chi connectivity index (χ2v) is 5.50. The standard InChI is InChI=1S/C16H19N3O6/c1-22-11-23-13-7-12(8-18-9-13)19-6-2-5-17-10-16(19)24-14(20)3-4-15(21)25-16/h3-4,7-9,17H,2,5-6,10-11H2,1H3. The van der Waals surface area contributed by atoms with Crippen molar-refractivity contribution < 1.29 is 28.5 Å². The second-order valence-electron chi connectivity index (χ2n) is 5.50. The number of nitrogens with one attached hydrogen (secondary N) is 1. The first-order chi connectivity index (χ1) is 12.1. The van der Waals surface area contributed by atoms with Crippen LogP contribution in [0.3, 0.4) is 0 Å². The van der Waals surface area contributed by atoms with Gasteiger partial charge in [0.05, 0.1) is 24.6 Å². The minimum atomic E-state index is -1.59. The molecule has 3 rings (SSSR count). The molecule has 1 aromatic rings. The van der Waals surface area contributed by atoms with Crippen LogP contribution in [0.15, 0.2) is 30.6 Å². The quantitative estimate of drug-likeness (QED) is 0.602. The summed E-state index contributed by atoms with van der Waals surface area (Å²) in [7, 11) is 1.52. The van der Waals surface area contributed by atoms with E-state index in [9.17, 15) is 9.59 Å². The Morgan fingerprint density at radius 2 is 2.04 bits per heavy atom. The van der Waals surface area contributed by atoms with Crippen molar-refractivity contribution in [3.8, 4) is 5.75 Å². The molecule has 3 heterocycles. The van der Waals surface area contributed by atoms with E-state index in [2.05, 4.69) is 10.3 Å². The summed E-state index contributed by atoms with van der Waals surface area (Å²) in [5.74, 6) is -2.41. The molecule has 25 heavy (non-hydrogen) atoms. The maximum atomic E-state index is 11.9. The Kier molecular flexibility index (Phi) is 5.15. The van der Waals surface area contributed by atoms with E-state index in [1.165, 1.54) is 13.3 Å². The number of aromatic nitrogens is 1. The van der Waals surface area contributed by atoms with E-state index in [-0.39, 0.29) is 13.3 Å². The lowest BCUT2D eigenvalue weighted by Gasteiger charge is -2.40. The highest BCUT2D eigenvalue weighted by Gasteiger charge is 2.47. The summed E-state index contributed by atoms with van der Waals surface area (Å²) < 4.78 is 21.2. The number of anilines is 1. The average molecular weight is 349 g/mol. The van der Waals surface area contributed by atoms with E-state index in [1.54, 1.807) is 17.2 Å². The molecular formula is C16H19N3O6. The Morgan fingerprint density at radius 3 is 2.76 bits per heavy atom. The highest BCUT2D eigenvalue weighted by molar-refractivity contribution is 5.93. The number of methoxy groups -OCH3 is 1. The number of pyridine rings is 1. The van der Waals surface area contributed by atoms with E-state index < -0.39 is 17.8 Å². The molecule has 134 valence electrons. The van der Waals surface area contributed by atoms with Crippen molar-refractivity contribution in [3.63, 3.8) is 0 Å². The van der Waals surface area contributed by atoms with Crippen molar-refractivity contribution in [3.05, 3.63) is 30.6 Å². The molecule has 1 N–H and O–H groups in total. The first-order valence-corrected chi connectivity index (χ1v) is 7.82. The van der Waals surface area contributed by atoms with E-state index in [0.717, 1.165) is 18.6 Å². The van der Waals surface area contributed by atoms with Gasteiger partial charge in [0, 0.05) is 31.9 Å². The van der Waals surface area contributed by atoms with Crippen molar-refractivity contribution in [2.45, 2.75) is 12.3 Å². The maximum Gasteiger partial charge on any atom is 0.356 e. The molecular weight excluding hydrogens is 330 g/mol. The highest BCUT2D eigenvalue weighted by atomic mass is 16.8. The first-order valence-electron chi connectivity index (χ1n) is 7.82. The van der Waals surface area contributed by atoms with Crippen LogP contribution in [0.4, 0.5) is 5.69 Å². The van der Waals surface area contributed by atoms with Gasteiger partial charge in [-0.2, -0.15) is 0 Å². The zero-order chi connectivity index (χ0) is 17.7. The molecule has 0 amide bonds. The number of rotatable bonds is 4. The van der Waals surface area contributed by atoms with Crippen molar-refractivity contribution >= 4 is 17.6 Å². The Balaban J connectivity index is 1.95. The Morgan fingerprint density at radius 1 is 1.28 bits per heavy atom. The monoisotopic (exact) mass is 349 g/mol. The number of esters is 2. The molecule has 0 aliphatic carbocycles. The van der Waals surface area contributed by atoms with Gasteiger partial charge in [0.2, 0.25) is 0 Å². The minimum Gasteiger partial charge on any atom is -0.466 e. The van der Waals surface area contributed by atoms with Crippen LogP contribution in [-0.2, 0) is 23.8 Å². The number of ether oxygens (including phenoxy) is 4. The molecule has 0 bridgehead atoms. The number of nitrogens with zero attached hydrogens (tertiary/aromatic N) is 2. The Labute approximate surface area is 144 Å². The van der Waals surface area contributed by atoms with Gasteiger partial charge in [0.1, 0.15) is 5.75 Å². The number of carbonyl (C=O) groups is 2. The van der Waals surface area contributed by atoms with Gasteiger partial charge in [-0.05, 0) is 13.0 Å². The lowest BCUT2D eigenvalue weighted by atomic mass is 10.3. The molecule has 9 heteroatoms. The predicted octanol–water partition coefficient (Wildman–Crippen LogP) is 0.174. The molecule has 2 aliphatic heterocycles. The number of hydrogen-bond donors (Lipinski definition) is 1. The largest absolute Gasteiger partial charge is 0.466 e. The summed E-state index contributed by atoms with van der Waals surface area (Å²) >= 11 is 0. The molecule has 1 saturated heterocycles. The van der Waals surface area contributed by atoms with Gasteiger partial charge in [0.25, 0.3) is 0 Å². The highest BCUT2D eigenvalue weighted by Crippen LogP contribution is 2.31. The van der Waals surface area contributed by atoms with E-state index in [1.807, 2.05) is 0 Å². The average Bonchev–Trinajstić information content (AvgIpc) is 2.89. The number of carbonyl (C=O) groups excluding carboxylic acids is 2. The van der Waals surface area contributed by atoms with Crippen LogP contribution in [0.5, 0.6) is 5.75 Å². The van der Waals surface area contributed by atoms with Crippen LogP contribution in [0.1, 0.15) is 6.42 Å². The third kappa shape index (κ3) is 3.89. The fourth-order valence-corrected chi connectivity index (χ4v) is 2.68. The van der Waals surface area contributed by atoms with E-state index >= 15 is 0 Å². The van der Waals surface area contributed by atoms with Gasteiger partial charge < -0.3 is 24.3 Å². The fourth-order valence-electron chi connectivity index (χ4n) is 2.68. The summed E-state index contributed by atoms with van der Waals surface area (Å²) in [6.07, 6.45) is 5.99. The van der Waals surface area contributed by atoms with Gasteiger partial charge in [0.15, 0.2) is 6.79 Å². The molecule has 1 spiro atoms. The van der Waals surface area contributed by atoms with Gasteiger partial charge in [-0.3, -0.25) is 9.88 Å². The third-order valence-electron chi connectivity index (χ3n) is 3.72. The van der Waals surface area contributed by atoms with Gasteiger partial charge in [-0.25, -0.2) is 9.59 Å².